The first-order valence-electron chi connectivity index (χ1n) is 19.0. The van der Waals surface area contributed by atoms with Gasteiger partial charge in [-0.3, -0.25) is 19.9 Å². The van der Waals surface area contributed by atoms with Gasteiger partial charge in [0.15, 0.2) is 5.78 Å². The molecule has 5 heterocycles. The van der Waals surface area contributed by atoms with Gasteiger partial charge in [-0.1, -0.05) is 48.5 Å². The number of carbonyl (C=O) groups excluding carboxylic acids is 3. The number of hydrogen-bond donors (Lipinski definition) is 1. The van der Waals surface area contributed by atoms with Crippen LogP contribution >= 0.6 is 0 Å². The lowest BCUT2D eigenvalue weighted by molar-refractivity contribution is -0.156. The van der Waals surface area contributed by atoms with Crippen LogP contribution in [0.2, 0.25) is 0 Å². The fourth-order valence-electron chi connectivity index (χ4n) is 7.69. The number of pyridine rings is 2. The van der Waals surface area contributed by atoms with E-state index in [4.69, 9.17) is 19.2 Å². The van der Waals surface area contributed by atoms with Crippen molar-refractivity contribution in [3.05, 3.63) is 102 Å². The van der Waals surface area contributed by atoms with Gasteiger partial charge in [0, 0.05) is 79.4 Å². The van der Waals surface area contributed by atoms with Gasteiger partial charge in [-0.25, -0.2) is 14.5 Å². The number of ether oxygens (including phenoxy) is 3. The number of ketones is 1. The molecule has 14 heteroatoms. The summed E-state index contributed by atoms with van der Waals surface area (Å²) >= 11 is 0. The number of esters is 1. The molecule has 0 saturated carbocycles. The Bertz CT molecular complexity index is 2150. The van der Waals surface area contributed by atoms with Crippen LogP contribution in [0.4, 0.5) is 21.9 Å². The molecule has 3 atom stereocenters. The minimum atomic E-state index is -0.698. The molecule has 2 aliphatic heterocycles. The first-order valence-corrected chi connectivity index (χ1v) is 19.0. The van der Waals surface area contributed by atoms with E-state index < -0.39 is 11.7 Å². The second-order valence-corrected chi connectivity index (χ2v) is 15.5. The minimum Gasteiger partial charge on any atom is -0.460 e. The molecule has 3 aromatic heterocycles. The smallest absolute Gasteiger partial charge is 0.412 e. The third-order valence-electron chi connectivity index (χ3n) is 10.1. The molecule has 1 amide bonds. The lowest BCUT2D eigenvalue weighted by atomic mass is 9.82. The van der Waals surface area contributed by atoms with Crippen molar-refractivity contribution in [1.82, 2.24) is 25.0 Å². The quantitative estimate of drug-likeness (QED) is 0.119. The topological polar surface area (TPSA) is 154 Å². The van der Waals surface area contributed by atoms with Gasteiger partial charge in [0.25, 0.3) is 0 Å². The maximum absolute atomic E-state index is 14.5. The molecule has 0 aliphatic carbocycles. The molecule has 56 heavy (non-hydrogen) atoms. The molecular weight excluding hydrogens is 713 g/mol. The summed E-state index contributed by atoms with van der Waals surface area (Å²) in [7, 11) is 0. The number of fused-ring (bicyclic) bond motifs is 1. The van der Waals surface area contributed by atoms with E-state index in [1.165, 1.54) is 0 Å². The summed E-state index contributed by atoms with van der Waals surface area (Å²) in [6.07, 6.45) is 6.33. The van der Waals surface area contributed by atoms with E-state index in [0.717, 1.165) is 35.4 Å². The summed E-state index contributed by atoms with van der Waals surface area (Å²) in [5.41, 5.74) is 3.72. The van der Waals surface area contributed by atoms with Crippen LogP contribution in [0.5, 0.6) is 0 Å². The largest absolute Gasteiger partial charge is 0.460 e. The molecule has 14 nitrogen and oxygen atoms in total. The Balaban J connectivity index is 1.17. The Kier molecular flexibility index (Phi) is 11.6. The lowest BCUT2D eigenvalue weighted by Gasteiger charge is -2.44. The summed E-state index contributed by atoms with van der Waals surface area (Å²) in [6.45, 7) is 11.7. The van der Waals surface area contributed by atoms with Crippen LogP contribution in [-0.4, -0.2) is 87.8 Å². The summed E-state index contributed by atoms with van der Waals surface area (Å²) in [4.78, 5) is 54.5. The van der Waals surface area contributed by atoms with Gasteiger partial charge in [-0.2, -0.15) is 0 Å². The lowest BCUT2D eigenvalue weighted by Crippen LogP contribution is -2.48. The van der Waals surface area contributed by atoms with Gasteiger partial charge in [-0.15, -0.1) is 5.10 Å². The van der Waals surface area contributed by atoms with E-state index >= 15 is 0 Å². The summed E-state index contributed by atoms with van der Waals surface area (Å²) in [5, 5.41) is 11.9. The highest BCUT2D eigenvalue weighted by atomic mass is 16.6. The number of nitrogens with one attached hydrogen (secondary N) is 1. The predicted molar refractivity (Wildman–Crippen MR) is 212 cm³/mol. The molecule has 0 unspecified atom stereocenters. The zero-order chi connectivity index (χ0) is 39.2. The summed E-state index contributed by atoms with van der Waals surface area (Å²) in [5.74, 6) is -0.678. The van der Waals surface area contributed by atoms with Crippen molar-refractivity contribution >= 4 is 45.8 Å². The summed E-state index contributed by atoms with van der Waals surface area (Å²) < 4.78 is 18.7. The molecule has 2 fully saturated rings. The number of piperidine rings is 1. The van der Waals surface area contributed by atoms with Crippen LogP contribution in [0.25, 0.3) is 10.9 Å². The average Bonchev–Trinajstić information content (AvgIpc) is 3.71. The highest BCUT2D eigenvalue weighted by Crippen LogP contribution is 2.38. The Morgan fingerprint density at radius 2 is 1.77 bits per heavy atom. The van der Waals surface area contributed by atoms with Gasteiger partial charge in [0.2, 0.25) is 0 Å². The Hall–Kier alpha value is -5.89. The van der Waals surface area contributed by atoms with Crippen LogP contribution in [0.15, 0.2) is 85.5 Å². The number of aromatic nitrogens is 5. The Morgan fingerprint density at radius 1 is 0.964 bits per heavy atom. The molecule has 7 rings (SSSR count). The molecule has 0 bridgehead atoms. The molecule has 2 aliphatic rings. The first kappa shape index (κ1) is 38.4. The van der Waals surface area contributed by atoms with E-state index in [2.05, 4.69) is 37.3 Å². The number of Topliss-reactive ketones (excluding diaryl/α,β-unsaturated/α-hetero) is 1. The first-order chi connectivity index (χ1) is 27.0. The SMILES string of the molecule is C[C@H]1CN(c2ccncc2CC(=O)c2nc3cc(N4CCOCC4)ccc3cc2NC(=O)OCc2ccccc2)C[C@@H](CC(=O)OC(C)(C)C)[C@H]1n1ccnn1. The van der Waals surface area contributed by atoms with Crippen molar-refractivity contribution in [2.75, 3.05) is 54.5 Å². The minimum absolute atomic E-state index is 0.0350. The van der Waals surface area contributed by atoms with Gasteiger partial charge in [0.1, 0.15) is 17.9 Å². The third kappa shape index (κ3) is 9.31. The maximum Gasteiger partial charge on any atom is 0.412 e. The van der Waals surface area contributed by atoms with Crippen molar-refractivity contribution in [2.24, 2.45) is 11.8 Å². The number of nitrogens with zero attached hydrogens (tertiary/aromatic N) is 7. The van der Waals surface area contributed by atoms with Crippen molar-refractivity contribution in [2.45, 2.75) is 58.8 Å². The van der Waals surface area contributed by atoms with E-state index in [1.807, 2.05) is 86.2 Å². The fourth-order valence-corrected chi connectivity index (χ4v) is 7.69. The monoisotopic (exact) mass is 760 g/mol. The van der Waals surface area contributed by atoms with Gasteiger partial charge >= 0.3 is 12.1 Å². The molecular formula is C42H48N8O6. The molecule has 2 saturated heterocycles. The molecule has 5 aromatic rings. The van der Waals surface area contributed by atoms with E-state index in [9.17, 15) is 14.4 Å². The summed E-state index contributed by atoms with van der Waals surface area (Å²) in [6, 6.07) is 18.9. The van der Waals surface area contributed by atoms with Gasteiger partial charge in [0.05, 0.1) is 43.1 Å². The normalized spacial score (nSPS) is 18.8. The number of rotatable bonds is 11. The maximum atomic E-state index is 14.5. The van der Waals surface area contributed by atoms with Crippen LogP contribution < -0.4 is 15.1 Å². The average molecular weight is 761 g/mol. The zero-order valence-corrected chi connectivity index (χ0v) is 32.3. The molecule has 1 N–H and O–H groups in total. The fraction of sp³-hybridized carbons (Fsp3) is 0.405. The number of carbonyl (C=O) groups is 3. The molecule has 292 valence electrons. The van der Waals surface area contributed by atoms with E-state index in [-0.39, 0.29) is 60.5 Å². The van der Waals surface area contributed by atoms with Crippen molar-refractivity contribution in [3.63, 3.8) is 0 Å². The molecule has 0 spiro atoms. The highest BCUT2D eigenvalue weighted by Gasteiger charge is 2.39. The number of benzene rings is 2. The van der Waals surface area contributed by atoms with Gasteiger partial charge in [-0.05, 0) is 56.5 Å². The Morgan fingerprint density at radius 3 is 2.52 bits per heavy atom. The van der Waals surface area contributed by atoms with E-state index in [0.29, 0.717) is 37.4 Å². The highest BCUT2D eigenvalue weighted by molar-refractivity contribution is 6.06. The van der Waals surface area contributed by atoms with Crippen LogP contribution in [0.1, 0.15) is 61.8 Å². The second kappa shape index (κ2) is 16.9. The van der Waals surface area contributed by atoms with Crippen LogP contribution in [0, 0.1) is 11.8 Å². The Labute approximate surface area is 326 Å². The number of anilines is 3. The predicted octanol–water partition coefficient (Wildman–Crippen LogP) is 6.28. The number of hydrogen-bond acceptors (Lipinski definition) is 12. The molecule has 2 aromatic carbocycles. The third-order valence-corrected chi connectivity index (χ3v) is 10.1. The van der Waals surface area contributed by atoms with Crippen molar-refractivity contribution < 1.29 is 28.6 Å². The number of morpholine rings is 1. The van der Waals surface area contributed by atoms with Crippen LogP contribution in [0.3, 0.4) is 0 Å². The van der Waals surface area contributed by atoms with Crippen LogP contribution in [-0.2, 0) is 32.0 Å². The van der Waals surface area contributed by atoms with E-state index in [1.54, 1.807) is 24.7 Å². The van der Waals surface area contributed by atoms with Crippen molar-refractivity contribution in [3.8, 4) is 0 Å². The van der Waals surface area contributed by atoms with Gasteiger partial charge < -0.3 is 24.0 Å². The second-order valence-electron chi connectivity index (χ2n) is 15.5. The molecule has 0 radical (unpaired) electrons. The standard InChI is InChI=1S/C42H48N8O6/c1-28-25-49(26-32(22-38(52)56-42(2,3)4)40(28)50-15-14-44-47-50)36-12-13-43-24-31(36)21-37(51)39-35(46-41(53)55-27-29-8-6-5-7-9-29)20-30-10-11-33(23-34(30)45-39)48-16-18-54-19-17-48/h5-15,20,23-24,28,32,40H,16-19,21-22,25-27H2,1-4H3,(H,46,53)/t28-,32+,40-/m0/s1. The number of amides is 1. The van der Waals surface area contributed by atoms with Crippen molar-refractivity contribution in [1.29, 1.82) is 0 Å². The zero-order valence-electron chi connectivity index (χ0n) is 32.3.